The molecule has 0 saturated carbocycles. The topological polar surface area (TPSA) is 18.5 Å². The molecule has 3 rings (SSSR count). The Morgan fingerprint density at radius 1 is 0.808 bits per heavy atom. The minimum Gasteiger partial charge on any atom is -0.489 e. The van der Waals surface area contributed by atoms with Gasteiger partial charge in [0.2, 0.25) is 0 Å². The smallest absolute Gasteiger partial charge is 0.421 e. The van der Waals surface area contributed by atoms with Crippen molar-refractivity contribution in [1.82, 2.24) is 0 Å². The Morgan fingerprint density at radius 2 is 1.50 bits per heavy atom. The van der Waals surface area contributed by atoms with Gasteiger partial charge < -0.3 is 9.47 Å². The third-order valence-corrected chi connectivity index (χ3v) is 4.20. The fraction of sp³-hybridized carbons (Fsp3) is 0.100. The van der Waals surface area contributed by atoms with E-state index in [4.69, 9.17) is 9.47 Å². The van der Waals surface area contributed by atoms with E-state index in [-0.39, 0.29) is 16.0 Å². The number of hydrogen-bond acceptors (Lipinski definition) is 2. The fourth-order valence-corrected chi connectivity index (χ4v) is 2.93. The minimum absolute atomic E-state index is 0.0704. The van der Waals surface area contributed by atoms with E-state index in [2.05, 4.69) is 15.9 Å². The zero-order valence-electron chi connectivity index (χ0n) is 13.5. The van der Waals surface area contributed by atoms with E-state index in [0.29, 0.717) is 12.4 Å². The molecule has 0 spiro atoms. The van der Waals surface area contributed by atoms with Gasteiger partial charge in [-0.2, -0.15) is 13.2 Å². The first-order chi connectivity index (χ1) is 12.4. The molecule has 0 aromatic heterocycles. The van der Waals surface area contributed by atoms with Gasteiger partial charge in [0.05, 0.1) is 0 Å². The highest BCUT2D eigenvalue weighted by molar-refractivity contribution is 9.10. The van der Waals surface area contributed by atoms with Crippen molar-refractivity contribution in [2.45, 2.75) is 12.8 Å². The van der Waals surface area contributed by atoms with Gasteiger partial charge in [0.1, 0.15) is 29.4 Å². The second-order valence-corrected chi connectivity index (χ2v) is 6.32. The molecule has 0 saturated heterocycles. The summed E-state index contributed by atoms with van der Waals surface area (Å²) in [5.74, 6) is 0.501. The van der Waals surface area contributed by atoms with Crippen molar-refractivity contribution >= 4 is 15.9 Å². The van der Waals surface area contributed by atoms with E-state index in [1.54, 1.807) is 24.3 Å². The van der Waals surface area contributed by atoms with E-state index >= 15 is 0 Å². The van der Waals surface area contributed by atoms with E-state index < -0.39 is 11.7 Å². The number of benzene rings is 3. The molecule has 0 atom stereocenters. The lowest BCUT2D eigenvalue weighted by Gasteiger charge is -2.15. The van der Waals surface area contributed by atoms with Gasteiger partial charge in [-0.15, -0.1) is 0 Å². The predicted molar refractivity (Wildman–Crippen MR) is 96.4 cm³/mol. The van der Waals surface area contributed by atoms with Crippen LogP contribution in [0.3, 0.4) is 0 Å². The molecule has 3 aromatic carbocycles. The second-order valence-electron chi connectivity index (χ2n) is 5.46. The molecule has 0 fully saturated rings. The predicted octanol–water partition coefficient (Wildman–Crippen LogP) is 6.84. The van der Waals surface area contributed by atoms with Gasteiger partial charge >= 0.3 is 6.18 Å². The lowest BCUT2D eigenvalue weighted by atomic mass is 10.2. The first kappa shape index (κ1) is 18.3. The Hall–Kier alpha value is -2.47. The summed E-state index contributed by atoms with van der Waals surface area (Å²) in [6.45, 7) is 0.356. The standard InChI is InChI=1S/C20H14BrF3O2/c21-17-10-5-11-18(19(17)20(22,23)24)26-16-9-4-8-15(12-16)25-13-14-6-2-1-3-7-14/h1-12H,13H2. The molecule has 2 nitrogen and oxygen atoms in total. The van der Waals surface area contributed by atoms with E-state index in [9.17, 15) is 13.2 Å². The van der Waals surface area contributed by atoms with E-state index in [1.807, 2.05) is 30.3 Å². The number of hydrogen-bond donors (Lipinski definition) is 0. The monoisotopic (exact) mass is 422 g/mol. The summed E-state index contributed by atoms with van der Waals surface area (Å²) in [6, 6.07) is 20.2. The summed E-state index contributed by atoms with van der Waals surface area (Å²) < 4.78 is 50.9. The molecule has 26 heavy (non-hydrogen) atoms. The highest BCUT2D eigenvalue weighted by Gasteiger charge is 2.36. The van der Waals surface area contributed by atoms with Crippen LogP contribution in [-0.2, 0) is 12.8 Å². The molecule has 0 radical (unpaired) electrons. The van der Waals surface area contributed by atoms with Crippen LogP contribution in [0.1, 0.15) is 11.1 Å². The largest absolute Gasteiger partial charge is 0.489 e. The van der Waals surface area contributed by atoms with Crippen molar-refractivity contribution in [3.05, 3.63) is 88.4 Å². The molecule has 0 aliphatic carbocycles. The van der Waals surface area contributed by atoms with Crippen LogP contribution in [0.4, 0.5) is 13.2 Å². The Labute approximate surface area is 157 Å². The molecular weight excluding hydrogens is 409 g/mol. The van der Waals surface area contributed by atoms with E-state index in [0.717, 1.165) is 5.56 Å². The van der Waals surface area contributed by atoms with Crippen LogP contribution in [-0.4, -0.2) is 0 Å². The Balaban J connectivity index is 1.79. The summed E-state index contributed by atoms with van der Waals surface area (Å²) >= 11 is 2.94. The van der Waals surface area contributed by atoms with Gasteiger partial charge in [0.25, 0.3) is 0 Å². The van der Waals surface area contributed by atoms with Crippen LogP contribution in [0.25, 0.3) is 0 Å². The van der Waals surface area contributed by atoms with Gasteiger partial charge in [-0.25, -0.2) is 0 Å². The summed E-state index contributed by atoms with van der Waals surface area (Å²) in [5.41, 5.74) is 0.140. The van der Waals surface area contributed by atoms with Crippen LogP contribution in [0.2, 0.25) is 0 Å². The Bertz CT molecular complexity index is 880. The van der Waals surface area contributed by atoms with Crippen molar-refractivity contribution in [2.75, 3.05) is 0 Å². The first-order valence-electron chi connectivity index (χ1n) is 7.74. The van der Waals surface area contributed by atoms with Crippen LogP contribution >= 0.6 is 15.9 Å². The molecule has 0 heterocycles. The van der Waals surface area contributed by atoms with Gasteiger partial charge in [-0.05, 0) is 29.8 Å². The van der Waals surface area contributed by atoms with Crippen molar-refractivity contribution < 1.29 is 22.6 Å². The highest BCUT2D eigenvalue weighted by atomic mass is 79.9. The highest BCUT2D eigenvalue weighted by Crippen LogP contribution is 2.42. The number of rotatable bonds is 5. The molecular formula is C20H14BrF3O2. The Morgan fingerprint density at radius 3 is 2.23 bits per heavy atom. The second kappa shape index (κ2) is 7.83. The minimum atomic E-state index is -4.53. The van der Waals surface area contributed by atoms with Gasteiger partial charge in [-0.1, -0.05) is 58.4 Å². The number of halogens is 4. The normalized spacial score (nSPS) is 11.2. The van der Waals surface area contributed by atoms with Crippen molar-refractivity contribution in [3.8, 4) is 17.2 Å². The number of alkyl halides is 3. The van der Waals surface area contributed by atoms with Crippen molar-refractivity contribution in [2.24, 2.45) is 0 Å². The van der Waals surface area contributed by atoms with Crippen LogP contribution in [0.5, 0.6) is 17.2 Å². The summed E-state index contributed by atoms with van der Waals surface area (Å²) in [4.78, 5) is 0. The summed E-state index contributed by atoms with van der Waals surface area (Å²) in [7, 11) is 0. The van der Waals surface area contributed by atoms with E-state index in [1.165, 1.54) is 18.2 Å². The van der Waals surface area contributed by atoms with Crippen molar-refractivity contribution in [1.29, 1.82) is 0 Å². The SMILES string of the molecule is FC(F)(F)c1c(Br)cccc1Oc1cccc(OCc2ccccc2)c1. The lowest BCUT2D eigenvalue weighted by molar-refractivity contribution is -0.139. The fourth-order valence-electron chi connectivity index (χ4n) is 2.36. The van der Waals surface area contributed by atoms with Gasteiger partial charge in [0, 0.05) is 10.5 Å². The summed E-state index contributed by atoms with van der Waals surface area (Å²) in [6.07, 6.45) is -4.53. The lowest BCUT2D eigenvalue weighted by Crippen LogP contribution is -2.08. The molecule has 0 amide bonds. The summed E-state index contributed by atoms with van der Waals surface area (Å²) in [5, 5.41) is 0. The average Bonchev–Trinajstić information content (AvgIpc) is 2.60. The van der Waals surface area contributed by atoms with Crippen LogP contribution in [0.15, 0.2) is 77.3 Å². The molecule has 6 heteroatoms. The maximum absolute atomic E-state index is 13.3. The Kier molecular flexibility index (Phi) is 5.52. The molecule has 3 aromatic rings. The quantitative estimate of drug-likeness (QED) is 0.448. The van der Waals surface area contributed by atoms with Crippen LogP contribution in [0, 0.1) is 0 Å². The molecule has 0 aliphatic heterocycles. The zero-order chi connectivity index (χ0) is 18.6. The molecule has 0 N–H and O–H groups in total. The molecule has 134 valence electrons. The third kappa shape index (κ3) is 4.58. The van der Waals surface area contributed by atoms with Crippen LogP contribution < -0.4 is 9.47 Å². The third-order valence-electron chi connectivity index (χ3n) is 3.54. The molecule has 0 bridgehead atoms. The first-order valence-corrected chi connectivity index (χ1v) is 8.53. The van der Waals surface area contributed by atoms with Gasteiger partial charge in [0.15, 0.2) is 0 Å². The molecule has 0 aliphatic rings. The van der Waals surface area contributed by atoms with Gasteiger partial charge in [-0.3, -0.25) is 0 Å². The average molecular weight is 423 g/mol. The number of ether oxygens (including phenoxy) is 2. The zero-order valence-corrected chi connectivity index (χ0v) is 15.0. The molecule has 0 unspecified atom stereocenters. The van der Waals surface area contributed by atoms with Crippen molar-refractivity contribution in [3.63, 3.8) is 0 Å². The maximum atomic E-state index is 13.3. The maximum Gasteiger partial charge on any atom is 0.421 e.